The molecular weight excluding hydrogens is 360 g/mol. The van der Waals surface area contributed by atoms with Crippen molar-refractivity contribution in [3.05, 3.63) is 29.6 Å². The molecule has 0 heterocycles. The third kappa shape index (κ3) is 7.19. The molecule has 6 heteroatoms. The van der Waals surface area contributed by atoms with Gasteiger partial charge >= 0.3 is 0 Å². The fraction of sp³-hybridized carbons (Fsp3) is 0.462. The minimum absolute atomic E-state index is 0. The van der Waals surface area contributed by atoms with E-state index in [0.29, 0.717) is 24.2 Å². The average Bonchev–Trinajstić information content (AvgIpc) is 2.33. The van der Waals surface area contributed by atoms with Gasteiger partial charge in [-0.1, -0.05) is 13.8 Å². The molecule has 108 valence electrons. The van der Waals surface area contributed by atoms with E-state index in [0.717, 1.165) is 12.1 Å². The summed E-state index contributed by atoms with van der Waals surface area (Å²) < 4.78 is 18.2. The van der Waals surface area contributed by atoms with Gasteiger partial charge in [-0.15, -0.1) is 24.0 Å². The number of nitrogens with two attached hydrogens (primary N) is 1. The van der Waals surface area contributed by atoms with Gasteiger partial charge in [-0.3, -0.25) is 0 Å². The quantitative estimate of drug-likeness (QED) is 0.468. The molecule has 0 amide bonds. The molecule has 4 nitrogen and oxygen atoms in total. The van der Waals surface area contributed by atoms with E-state index in [1.54, 1.807) is 6.07 Å². The SMILES string of the molecule is COc1cc(F)cc(CN=C(N)NCC(C)C)c1.I. The van der Waals surface area contributed by atoms with E-state index in [4.69, 9.17) is 10.5 Å². The molecule has 1 rings (SSSR count). The van der Waals surface area contributed by atoms with Crippen molar-refractivity contribution < 1.29 is 9.13 Å². The van der Waals surface area contributed by atoms with Crippen molar-refractivity contribution in [2.45, 2.75) is 20.4 Å². The fourth-order valence-electron chi connectivity index (χ4n) is 1.37. The van der Waals surface area contributed by atoms with Gasteiger partial charge in [-0.2, -0.15) is 0 Å². The summed E-state index contributed by atoms with van der Waals surface area (Å²) in [5, 5.41) is 3.00. The minimum atomic E-state index is -0.340. The first-order valence-corrected chi connectivity index (χ1v) is 5.88. The summed E-state index contributed by atoms with van der Waals surface area (Å²) in [6.07, 6.45) is 0. The lowest BCUT2D eigenvalue weighted by Crippen LogP contribution is -2.34. The second-order valence-corrected chi connectivity index (χ2v) is 4.48. The van der Waals surface area contributed by atoms with Crippen LogP contribution in [0, 0.1) is 11.7 Å². The van der Waals surface area contributed by atoms with E-state index in [-0.39, 0.29) is 29.8 Å². The number of nitrogens with zero attached hydrogens (tertiary/aromatic N) is 1. The number of guanidine groups is 1. The molecule has 1 aromatic rings. The predicted molar refractivity (Wildman–Crippen MR) is 86.5 cm³/mol. The molecule has 0 spiro atoms. The summed E-state index contributed by atoms with van der Waals surface area (Å²) in [5.74, 6) is 1.00. The zero-order chi connectivity index (χ0) is 13.5. The highest BCUT2D eigenvalue weighted by molar-refractivity contribution is 14.0. The number of aliphatic imine (C=N–C) groups is 1. The van der Waals surface area contributed by atoms with Gasteiger partial charge in [0.1, 0.15) is 11.6 Å². The number of nitrogens with one attached hydrogen (secondary N) is 1. The standard InChI is InChI=1S/C13H20FN3O.HI/c1-9(2)7-16-13(15)17-8-10-4-11(14)6-12(5-10)18-3;/h4-6,9H,7-8H2,1-3H3,(H3,15,16,17);1H. The molecule has 0 saturated heterocycles. The highest BCUT2D eigenvalue weighted by atomic mass is 127. The molecule has 0 fully saturated rings. The Hall–Kier alpha value is -1.05. The fourth-order valence-corrected chi connectivity index (χ4v) is 1.37. The highest BCUT2D eigenvalue weighted by Crippen LogP contribution is 2.16. The molecule has 19 heavy (non-hydrogen) atoms. The zero-order valence-corrected chi connectivity index (χ0v) is 13.8. The molecule has 1 aromatic carbocycles. The molecule has 0 aliphatic heterocycles. The van der Waals surface area contributed by atoms with Crippen molar-refractivity contribution in [3.63, 3.8) is 0 Å². The molecule has 0 saturated carbocycles. The summed E-state index contributed by atoms with van der Waals surface area (Å²) in [7, 11) is 1.50. The van der Waals surface area contributed by atoms with Gasteiger partial charge in [0.2, 0.25) is 0 Å². The van der Waals surface area contributed by atoms with E-state index in [1.165, 1.54) is 19.2 Å². The van der Waals surface area contributed by atoms with Gasteiger partial charge in [0, 0.05) is 12.6 Å². The maximum atomic E-state index is 13.2. The summed E-state index contributed by atoms with van der Waals surface area (Å²) >= 11 is 0. The lowest BCUT2D eigenvalue weighted by atomic mass is 10.2. The first-order chi connectivity index (χ1) is 8.51. The van der Waals surface area contributed by atoms with Crippen LogP contribution in [0.1, 0.15) is 19.4 Å². The summed E-state index contributed by atoms with van der Waals surface area (Å²) in [6.45, 7) is 5.25. The summed E-state index contributed by atoms with van der Waals surface area (Å²) in [4.78, 5) is 4.14. The molecule has 3 N–H and O–H groups in total. The van der Waals surface area contributed by atoms with Gasteiger partial charge in [-0.25, -0.2) is 9.38 Å². The van der Waals surface area contributed by atoms with Crippen LogP contribution in [0.5, 0.6) is 5.75 Å². The van der Waals surface area contributed by atoms with Crippen molar-refractivity contribution in [1.29, 1.82) is 0 Å². The number of benzene rings is 1. The molecule has 0 aliphatic rings. The van der Waals surface area contributed by atoms with E-state index in [9.17, 15) is 4.39 Å². The Morgan fingerprint density at radius 2 is 2.11 bits per heavy atom. The molecule has 0 aromatic heterocycles. The normalized spacial score (nSPS) is 11.1. The highest BCUT2D eigenvalue weighted by Gasteiger charge is 2.01. The first kappa shape index (κ1) is 17.9. The van der Waals surface area contributed by atoms with E-state index < -0.39 is 0 Å². The second-order valence-electron chi connectivity index (χ2n) is 4.48. The van der Waals surface area contributed by atoms with Crippen molar-refractivity contribution in [2.75, 3.05) is 13.7 Å². The molecule has 0 bridgehead atoms. The lowest BCUT2D eigenvalue weighted by Gasteiger charge is -2.08. The Labute approximate surface area is 130 Å². The average molecular weight is 381 g/mol. The van der Waals surface area contributed by atoms with E-state index in [1.807, 2.05) is 0 Å². The third-order valence-electron chi connectivity index (χ3n) is 2.29. The van der Waals surface area contributed by atoms with Gasteiger partial charge in [-0.05, 0) is 23.6 Å². The smallest absolute Gasteiger partial charge is 0.188 e. The van der Waals surface area contributed by atoms with Gasteiger partial charge in [0.05, 0.1) is 13.7 Å². The van der Waals surface area contributed by atoms with E-state index in [2.05, 4.69) is 24.2 Å². The number of halogens is 2. The topological polar surface area (TPSA) is 59.6 Å². The van der Waals surface area contributed by atoms with Crippen molar-refractivity contribution >= 4 is 29.9 Å². The van der Waals surface area contributed by atoms with Gasteiger partial charge in [0.15, 0.2) is 5.96 Å². The molecule has 0 radical (unpaired) electrons. The maximum Gasteiger partial charge on any atom is 0.188 e. The molecule has 0 atom stereocenters. The number of methoxy groups -OCH3 is 1. The van der Waals surface area contributed by atoms with Crippen LogP contribution in [0.2, 0.25) is 0 Å². The Bertz CT molecular complexity index is 424. The van der Waals surface area contributed by atoms with Crippen LogP contribution in [0.3, 0.4) is 0 Å². The van der Waals surface area contributed by atoms with Crippen LogP contribution in [0.25, 0.3) is 0 Å². The van der Waals surface area contributed by atoms with Crippen molar-refractivity contribution in [3.8, 4) is 5.75 Å². The number of rotatable bonds is 5. The van der Waals surface area contributed by atoms with Gasteiger partial charge < -0.3 is 15.8 Å². The summed E-state index contributed by atoms with van der Waals surface area (Å²) in [6, 6.07) is 4.48. The van der Waals surface area contributed by atoms with E-state index >= 15 is 0 Å². The van der Waals surface area contributed by atoms with Crippen LogP contribution in [-0.4, -0.2) is 19.6 Å². The van der Waals surface area contributed by atoms with Crippen LogP contribution < -0.4 is 15.8 Å². The number of hydrogen-bond acceptors (Lipinski definition) is 2. The monoisotopic (exact) mass is 381 g/mol. The predicted octanol–water partition coefficient (Wildman–Crippen LogP) is 2.51. The van der Waals surface area contributed by atoms with Crippen molar-refractivity contribution in [1.82, 2.24) is 5.32 Å². The Morgan fingerprint density at radius 1 is 1.42 bits per heavy atom. The first-order valence-electron chi connectivity index (χ1n) is 5.88. The minimum Gasteiger partial charge on any atom is -0.497 e. The number of hydrogen-bond donors (Lipinski definition) is 2. The second kappa shape index (κ2) is 8.95. The Morgan fingerprint density at radius 3 is 2.68 bits per heavy atom. The Kier molecular flexibility index (Phi) is 8.46. The third-order valence-corrected chi connectivity index (χ3v) is 2.29. The molecule has 0 aliphatic carbocycles. The zero-order valence-electron chi connectivity index (χ0n) is 11.4. The number of ether oxygens (including phenoxy) is 1. The van der Waals surface area contributed by atoms with Crippen LogP contribution in [0.4, 0.5) is 4.39 Å². The largest absolute Gasteiger partial charge is 0.497 e. The maximum absolute atomic E-state index is 13.2. The Balaban J connectivity index is 0.00000324. The molecular formula is C13H21FIN3O. The van der Waals surface area contributed by atoms with Crippen LogP contribution in [-0.2, 0) is 6.54 Å². The van der Waals surface area contributed by atoms with Crippen LogP contribution >= 0.6 is 24.0 Å². The van der Waals surface area contributed by atoms with Crippen LogP contribution in [0.15, 0.2) is 23.2 Å². The lowest BCUT2D eigenvalue weighted by molar-refractivity contribution is 0.410. The van der Waals surface area contributed by atoms with Crippen molar-refractivity contribution in [2.24, 2.45) is 16.6 Å². The summed E-state index contributed by atoms with van der Waals surface area (Å²) in [5.41, 5.74) is 6.42. The van der Waals surface area contributed by atoms with Gasteiger partial charge in [0.25, 0.3) is 0 Å². The molecule has 0 unspecified atom stereocenters.